The van der Waals surface area contributed by atoms with E-state index < -0.39 is 0 Å². The molecule has 3 rings (SSSR count). The molecule has 0 spiro atoms. The van der Waals surface area contributed by atoms with Crippen molar-refractivity contribution in [2.24, 2.45) is 0 Å². The summed E-state index contributed by atoms with van der Waals surface area (Å²) in [7, 11) is 0. The molecule has 2 heterocycles. The summed E-state index contributed by atoms with van der Waals surface area (Å²) < 4.78 is 5.27. The van der Waals surface area contributed by atoms with Crippen molar-refractivity contribution in [2.75, 3.05) is 19.6 Å². The van der Waals surface area contributed by atoms with Crippen molar-refractivity contribution in [2.45, 2.75) is 27.0 Å². The van der Waals surface area contributed by atoms with Gasteiger partial charge in [0.15, 0.2) is 5.76 Å². The van der Waals surface area contributed by atoms with Crippen molar-refractivity contribution < 1.29 is 19.1 Å². The normalized spacial score (nSPS) is 14.9. The highest BCUT2D eigenvalue weighted by Gasteiger charge is 2.29. The molecule has 6 nitrogen and oxygen atoms in total. The molecule has 2 aromatic rings. The summed E-state index contributed by atoms with van der Waals surface area (Å²) in [5, 5.41) is 9.02. The predicted octanol–water partition coefficient (Wildman–Crippen LogP) is 1.87. The number of piperazine rings is 1. The Kier molecular flexibility index (Phi) is 4.90. The molecule has 2 amide bonds. The Labute approximate surface area is 146 Å². The number of furan rings is 1. The molecule has 0 unspecified atom stereocenters. The fourth-order valence-electron chi connectivity index (χ4n) is 3.16. The first kappa shape index (κ1) is 17.2. The van der Waals surface area contributed by atoms with Crippen LogP contribution in [0.1, 0.15) is 33.0 Å². The SMILES string of the molecule is Cc1cc(C)cc(CN2CCN(C(=O)c3ccc(CO)o3)CC2=O)c1. The maximum absolute atomic E-state index is 12.4. The minimum atomic E-state index is -0.320. The first-order valence-electron chi connectivity index (χ1n) is 8.30. The molecule has 1 aromatic heterocycles. The van der Waals surface area contributed by atoms with Crippen LogP contribution >= 0.6 is 0 Å². The van der Waals surface area contributed by atoms with Crippen LogP contribution < -0.4 is 0 Å². The fraction of sp³-hybridized carbons (Fsp3) is 0.368. The van der Waals surface area contributed by atoms with Gasteiger partial charge in [-0.05, 0) is 31.5 Å². The van der Waals surface area contributed by atoms with Crippen LogP contribution in [0.5, 0.6) is 0 Å². The highest BCUT2D eigenvalue weighted by molar-refractivity contribution is 5.95. The second-order valence-corrected chi connectivity index (χ2v) is 6.46. The van der Waals surface area contributed by atoms with Crippen LogP contribution in [-0.2, 0) is 17.9 Å². The lowest BCUT2D eigenvalue weighted by atomic mass is 10.1. The van der Waals surface area contributed by atoms with E-state index in [1.165, 1.54) is 22.1 Å². The highest BCUT2D eigenvalue weighted by atomic mass is 16.4. The van der Waals surface area contributed by atoms with Crippen molar-refractivity contribution in [3.8, 4) is 0 Å². The summed E-state index contributed by atoms with van der Waals surface area (Å²) >= 11 is 0. The van der Waals surface area contributed by atoms with Gasteiger partial charge in [-0.15, -0.1) is 0 Å². The molecular formula is C19H22N2O4. The number of aliphatic hydroxyl groups excluding tert-OH is 1. The number of aliphatic hydroxyl groups is 1. The fourth-order valence-corrected chi connectivity index (χ4v) is 3.16. The van der Waals surface area contributed by atoms with Gasteiger partial charge in [0, 0.05) is 19.6 Å². The van der Waals surface area contributed by atoms with Gasteiger partial charge in [0.2, 0.25) is 5.91 Å². The van der Waals surface area contributed by atoms with Crippen LogP contribution in [-0.4, -0.2) is 46.4 Å². The Morgan fingerprint density at radius 2 is 1.88 bits per heavy atom. The van der Waals surface area contributed by atoms with E-state index in [1.807, 2.05) is 13.8 Å². The topological polar surface area (TPSA) is 74.0 Å². The lowest BCUT2D eigenvalue weighted by molar-refractivity contribution is -0.135. The number of benzene rings is 1. The summed E-state index contributed by atoms with van der Waals surface area (Å²) in [5.74, 6) is 0.0922. The van der Waals surface area contributed by atoms with Gasteiger partial charge in [-0.2, -0.15) is 0 Å². The summed E-state index contributed by atoms with van der Waals surface area (Å²) in [6.07, 6.45) is 0. The number of rotatable bonds is 4. The van der Waals surface area contributed by atoms with Crippen LogP contribution in [0.4, 0.5) is 0 Å². The van der Waals surface area contributed by atoms with Crippen molar-refractivity contribution in [3.05, 3.63) is 58.5 Å². The lowest BCUT2D eigenvalue weighted by Gasteiger charge is -2.34. The van der Waals surface area contributed by atoms with E-state index >= 15 is 0 Å². The molecule has 0 atom stereocenters. The quantitative estimate of drug-likeness (QED) is 0.921. The molecule has 1 aromatic carbocycles. The molecule has 25 heavy (non-hydrogen) atoms. The Bertz CT molecular complexity index is 776. The third kappa shape index (κ3) is 3.91. The minimum absolute atomic E-state index is 0.0405. The number of hydrogen-bond donors (Lipinski definition) is 1. The first-order valence-corrected chi connectivity index (χ1v) is 8.30. The van der Waals surface area contributed by atoms with Gasteiger partial charge in [-0.1, -0.05) is 29.3 Å². The standard InChI is InChI=1S/C19H22N2O4/c1-13-7-14(2)9-15(8-13)10-20-5-6-21(11-18(20)23)19(24)17-4-3-16(12-22)25-17/h3-4,7-9,22H,5-6,10-12H2,1-2H3. The number of nitrogens with zero attached hydrogens (tertiary/aromatic N) is 2. The van der Waals surface area contributed by atoms with Gasteiger partial charge >= 0.3 is 0 Å². The van der Waals surface area contributed by atoms with Crippen LogP contribution in [0.3, 0.4) is 0 Å². The molecular weight excluding hydrogens is 320 g/mol. The van der Waals surface area contributed by atoms with E-state index in [9.17, 15) is 9.59 Å². The molecule has 1 fully saturated rings. The van der Waals surface area contributed by atoms with Crippen molar-refractivity contribution in [1.29, 1.82) is 0 Å². The van der Waals surface area contributed by atoms with Crippen molar-refractivity contribution >= 4 is 11.8 Å². The Balaban J connectivity index is 1.64. The van der Waals surface area contributed by atoms with Gasteiger partial charge < -0.3 is 19.3 Å². The zero-order valence-electron chi connectivity index (χ0n) is 14.5. The Morgan fingerprint density at radius 3 is 2.48 bits per heavy atom. The predicted molar refractivity (Wildman–Crippen MR) is 91.9 cm³/mol. The minimum Gasteiger partial charge on any atom is -0.453 e. The number of aryl methyl sites for hydroxylation is 2. The van der Waals surface area contributed by atoms with E-state index in [-0.39, 0.29) is 30.7 Å². The van der Waals surface area contributed by atoms with Crippen molar-refractivity contribution in [1.82, 2.24) is 9.80 Å². The molecule has 1 aliphatic rings. The van der Waals surface area contributed by atoms with Gasteiger partial charge in [-0.3, -0.25) is 9.59 Å². The van der Waals surface area contributed by atoms with Gasteiger partial charge in [0.05, 0.1) is 0 Å². The molecule has 0 saturated carbocycles. The zero-order chi connectivity index (χ0) is 18.0. The summed E-state index contributed by atoms with van der Waals surface area (Å²) in [5.41, 5.74) is 3.45. The van der Waals surface area contributed by atoms with Crippen molar-refractivity contribution in [3.63, 3.8) is 0 Å². The highest BCUT2D eigenvalue weighted by Crippen LogP contribution is 2.16. The Hall–Kier alpha value is -2.60. The number of hydrogen-bond acceptors (Lipinski definition) is 4. The van der Waals surface area contributed by atoms with E-state index in [2.05, 4.69) is 18.2 Å². The van der Waals surface area contributed by atoms with E-state index in [0.29, 0.717) is 25.4 Å². The number of carbonyl (C=O) groups is 2. The number of carbonyl (C=O) groups excluding carboxylic acids is 2. The first-order chi connectivity index (χ1) is 12.0. The molecule has 6 heteroatoms. The second kappa shape index (κ2) is 7.11. The van der Waals surface area contributed by atoms with E-state index in [4.69, 9.17) is 9.52 Å². The maximum atomic E-state index is 12.4. The van der Waals surface area contributed by atoms with Gasteiger partial charge in [-0.25, -0.2) is 0 Å². The van der Waals surface area contributed by atoms with E-state index in [1.54, 1.807) is 11.0 Å². The Morgan fingerprint density at radius 1 is 1.16 bits per heavy atom. The van der Waals surface area contributed by atoms with Crippen LogP contribution in [0.15, 0.2) is 34.7 Å². The van der Waals surface area contributed by atoms with E-state index in [0.717, 1.165) is 5.56 Å². The monoisotopic (exact) mass is 342 g/mol. The third-order valence-corrected chi connectivity index (χ3v) is 4.29. The lowest BCUT2D eigenvalue weighted by Crippen LogP contribution is -2.51. The average molecular weight is 342 g/mol. The van der Waals surface area contributed by atoms with Crippen LogP contribution in [0.25, 0.3) is 0 Å². The van der Waals surface area contributed by atoms with Gasteiger partial charge in [0.1, 0.15) is 18.9 Å². The molecule has 132 valence electrons. The van der Waals surface area contributed by atoms with Crippen LogP contribution in [0, 0.1) is 13.8 Å². The second-order valence-electron chi connectivity index (χ2n) is 6.46. The summed E-state index contributed by atoms with van der Waals surface area (Å²) in [4.78, 5) is 28.1. The smallest absolute Gasteiger partial charge is 0.290 e. The zero-order valence-corrected chi connectivity index (χ0v) is 14.5. The summed E-state index contributed by atoms with van der Waals surface area (Å²) in [6, 6.07) is 9.35. The van der Waals surface area contributed by atoms with Gasteiger partial charge in [0.25, 0.3) is 5.91 Å². The molecule has 0 aliphatic carbocycles. The molecule has 0 bridgehead atoms. The molecule has 1 saturated heterocycles. The number of amides is 2. The largest absolute Gasteiger partial charge is 0.453 e. The maximum Gasteiger partial charge on any atom is 0.290 e. The van der Waals surface area contributed by atoms with Crippen LogP contribution in [0.2, 0.25) is 0 Å². The molecule has 1 aliphatic heterocycles. The third-order valence-electron chi connectivity index (χ3n) is 4.29. The molecule has 0 radical (unpaired) electrons. The molecule has 1 N–H and O–H groups in total. The summed E-state index contributed by atoms with van der Waals surface area (Å²) in [6.45, 7) is 5.38. The average Bonchev–Trinajstić information content (AvgIpc) is 3.04.